The summed E-state index contributed by atoms with van der Waals surface area (Å²) in [5, 5.41) is 10.3. The average molecular weight is 250 g/mol. The zero-order valence-corrected chi connectivity index (χ0v) is 9.01. The van der Waals surface area contributed by atoms with Gasteiger partial charge in [-0.2, -0.15) is 8.42 Å². The van der Waals surface area contributed by atoms with Gasteiger partial charge in [-0.25, -0.2) is 0 Å². The lowest BCUT2D eigenvalue weighted by atomic mass is 10.2. The molecule has 9 heteroatoms. The second-order valence-electron chi connectivity index (χ2n) is 2.75. The Kier molecular flexibility index (Phi) is 4.82. The molecule has 1 aromatic carbocycles. The Morgan fingerprint density at radius 3 is 2.12 bits per heavy atom. The van der Waals surface area contributed by atoms with Crippen LogP contribution in [-0.4, -0.2) is 22.4 Å². The molecule has 0 aliphatic heterocycles. The molecule has 16 heavy (non-hydrogen) atoms. The monoisotopic (exact) mass is 250 g/mol. The molecule has 0 spiro atoms. The van der Waals surface area contributed by atoms with Gasteiger partial charge in [0, 0.05) is 17.3 Å². The molecule has 90 valence electrons. The summed E-state index contributed by atoms with van der Waals surface area (Å²) in [6, 6.07) is 4.63. The van der Waals surface area contributed by atoms with E-state index in [2.05, 4.69) is 0 Å². The number of hydrogen-bond donors (Lipinski definition) is 3. The van der Waals surface area contributed by atoms with Gasteiger partial charge in [-0.05, 0) is 13.0 Å². The molecule has 1 rings (SSSR count). The first kappa shape index (κ1) is 14.3. The zero-order chi connectivity index (χ0) is 12.9. The van der Waals surface area contributed by atoms with Crippen LogP contribution < -0.4 is 5.73 Å². The highest BCUT2D eigenvalue weighted by Crippen LogP contribution is 2.19. The zero-order valence-electron chi connectivity index (χ0n) is 8.19. The van der Waals surface area contributed by atoms with Crippen LogP contribution in [0.2, 0.25) is 0 Å². The number of nitrogens with zero attached hydrogens (tertiary/aromatic N) is 1. The van der Waals surface area contributed by atoms with Crippen molar-refractivity contribution in [3.63, 3.8) is 0 Å². The van der Waals surface area contributed by atoms with Crippen LogP contribution in [-0.2, 0) is 10.4 Å². The Morgan fingerprint density at radius 1 is 1.38 bits per heavy atom. The fourth-order valence-electron chi connectivity index (χ4n) is 0.823. The molecule has 0 amide bonds. The highest BCUT2D eigenvalue weighted by atomic mass is 32.3. The van der Waals surface area contributed by atoms with E-state index in [1.165, 1.54) is 6.07 Å². The predicted molar refractivity (Wildman–Crippen MR) is 56.4 cm³/mol. The van der Waals surface area contributed by atoms with Crippen LogP contribution in [0.15, 0.2) is 18.2 Å². The Hall–Kier alpha value is -1.71. The van der Waals surface area contributed by atoms with Crippen LogP contribution >= 0.6 is 0 Å². The number of hydrogen-bond acceptors (Lipinski definition) is 5. The minimum atomic E-state index is -4.67. The van der Waals surface area contributed by atoms with Crippen molar-refractivity contribution in [2.75, 3.05) is 5.73 Å². The van der Waals surface area contributed by atoms with E-state index >= 15 is 0 Å². The number of rotatable bonds is 1. The summed E-state index contributed by atoms with van der Waals surface area (Å²) in [5.74, 6) is 0. The van der Waals surface area contributed by atoms with Crippen molar-refractivity contribution >= 4 is 21.8 Å². The van der Waals surface area contributed by atoms with Gasteiger partial charge in [0.2, 0.25) is 0 Å². The van der Waals surface area contributed by atoms with E-state index in [4.69, 9.17) is 23.3 Å². The van der Waals surface area contributed by atoms with Gasteiger partial charge in [0.25, 0.3) is 5.69 Å². The third-order valence-corrected chi connectivity index (χ3v) is 1.43. The molecule has 0 aliphatic carbocycles. The van der Waals surface area contributed by atoms with E-state index in [0.717, 1.165) is 0 Å². The van der Waals surface area contributed by atoms with E-state index in [1.807, 2.05) is 0 Å². The first-order valence-corrected chi connectivity index (χ1v) is 5.21. The molecular weight excluding hydrogens is 240 g/mol. The van der Waals surface area contributed by atoms with Crippen molar-refractivity contribution in [3.05, 3.63) is 33.9 Å². The van der Waals surface area contributed by atoms with E-state index in [1.54, 1.807) is 19.1 Å². The predicted octanol–water partition coefficient (Wildman–Crippen LogP) is 0.833. The lowest BCUT2D eigenvalue weighted by Gasteiger charge is -1.96. The number of aryl methyl sites for hydroxylation is 1. The Bertz CT molecular complexity index is 476. The first-order chi connectivity index (χ1) is 7.11. The van der Waals surface area contributed by atoms with Crippen molar-refractivity contribution < 1.29 is 22.4 Å². The Morgan fingerprint density at radius 2 is 1.81 bits per heavy atom. The first-order valence-electron chi connectivity index (χ1n) is 3.81. The molecule has 0 saturated heterocycles. The number of nitro groups is 1. The molecule has 0 heterocycles. The summed E-state index contributed by atoms with van der Waals surface area (Å²) in [4.78, 5) is 9.89. The fraction of sp³-hybridized carbons (Fsp3) is 0.143. The van der Waals surface area contributed by atoms with E-state index in [-0.39, 0.29) is 5.69 Å². The molecular formula is C7H10N2O6S. The van der Waals surface area contributed by atoms with Crippen molar-refractivity contribution in [1.82, 2.24) is 0 Å². The maximum absolute atomic E-state index is 10.3. The minimum Gasteiger partial charge on any atom is -0.399 e. The molecule has 0 saturated carbocycles. The number of anilines is 1. The van der Waals surface area contributed by atoms with Crippen LogP contribution in [0.1, 0.15) is 5.56 Å². The van der Waals surface area contributed by atoms with Gasteiger partial charge in [-0.1, -0.05) is 6.07 Å². The lowest BCUT2D eigenvalue weighted by Crippen LogP contribution is -1.93. The van der Waals surface area contributed by atoms with Gasteiger partial charge in [-0.15, -0.1) is 0 Å². The molecule has 0 atom stereocenters. The summed E-state index contributed by atoms with van der Waals surface area (Å²) >= 11 is 0. The van der Waals surface area contributed by atoms with Gasteiger partial charge in [0.15, 0.2) is 0 Å². The van der Waals surface area contributed by atoms with E-state index in [0.29, 0.717) is 11.3 Å². The van der Waals surface area contributed by atoms with Crippen LogP contribution in [0.5, 0.6) is 0 Å². The Labute approximate surface area is 91.4 Å². The maximum atomic E-state index is 10.3. The maximum Gasteiger partial charge on any atom is 0.394 e. The summed E-state index contributed by atoms with van der Waals surface area (Å²) in [5.41, 5.74) is 6.48. The number of nitrogens with two attached hydrogens (primary N) is 1. The van der Waals surface area contributed by atoms with Gasteiger partial charge < -0.3 is 5.73 Å². The summed E-state index contributed by atoms with van der Waals surface area (Å²) in [6.45, 7) is 1.68. The van der Waals surface area contributed by atoms with Crippen molar-refractivity contribution in [2.45, 2.75) is 6.92 Å². The van der Waals surface area contributed by atoms with E-state index in [9.17, 15) is 10.1 Å². The molecule has 0 aromatic heterocycles. The smallest absolute Gasteiger partial charge is 0.394 e. The van der Waals surface area contributed by atoms with Gasteiger partial charge in [0.1, 0.15) is 0 Å². The summed E-state index contributed by atoms with van der Waals surface area (Å²) in [6.07, 6.45) is 0. The highest BCUT2D eigenvalue weighted by Gasteiger charge is 2.08. The SMILES string of the molecule is Cc1ccc(N)cc1[N+](=O)[O-].O=S(=O)(O)O. The molecule has 1 aromatic rings. The minimum absolute atomic E-state index is 0.0741. The molecule has 4 N–H and O–H groups in total. The third-order valence-electron chi connectivity index (χ3n) is 1.43. The average Bonchev–Trinajstić information content (AvgIpc) is 2.06. The van der Waals surface area contributed by atoms with Crippen molar-refractivity contribution in [3.8, 4) is 0 Å². The molecule has 0 aliphatic rings. The van der Waals surface area contributed by atoms with Gasteiger partial charge in [0.05, 0.1) is 4.92 Å². The van der Waals surface area contributed by atoms with Crippen molar-refractivity contribution in [2.24, 2.45) is 0 Å². The standard InChI is InChI=1S/C7H8N2O2.H2O4S/c1-5-2-3-6(8)4-7(5)9(10)11;1-5(2,3)4/h2-4H,8H2,1H3;(H2,1,2,3,4). The van der Waals surface area contributed by atoms with Crippen LogP contribution in [0, 0.1) is 17.0 Å². The summed E-state index contributed by atoms with van der Waals surface area (Å²) in [7, 11) is -4.67. The van der Waals surface area contributed by atoms with Gasteiger partial charge >= 0.3 is 10.4 Å². The fourth-order valence-corrected chi connectivity index (χ4v) is 0.823. The molecule has 0 unspecified atom stereocenters. The number of benzene rings is 1. The van der Waals surface area contributed by atoms with Gasteiger partial charge in [-0.3, -0.25) is 19.2 Å². The molecule has 8 nitrogen and oxygen atoms in total. The third kappa shape index (κ3) is 6.70. The second-order valence-corrected chi connectivity index (χ2v) is 3.65. The summed E-state index contributed by atoms with van der Waals surface area (Å²) < 4.78 is 31.6. The Balaban J connectivity index is 0.000000385. The highest BCUT2D eigenvalue weighted by molar-refractivity contribution is 7.79. The second kappa shape index (κ2) is 5.39. The molecule has 0 fully saturated rings. The molecule has 0 bridgehead atoms. The normalized spacial score (nSPS) is 10.2. The van der Waals surface area contributed by atoms with Crippen LogP contribution in [0.25, 0.3) is 0 Å². The van der Waals surface area contributed by atoms with E-state index < -0.39 is 15.3 Å². The number of nitrogen functional groups attached to an aromatic ring is 1. The lowest BCUT2D eigenvalue weighted by molar-refractivity contribution is -0.385. The molecule has 0 radical (unpaired) electrons. The van der Waals surface area contributed by atoms with Crippen molar-refractivity contribution in [1.29, 1.82) is 0 Å². The van der Waals surface area contributed by atoms with Crippen LogP contribution in [0.3, 0.4) is 0 Å². The number of nitro benzene ring substituents is 1. The van der Waals surface area contributed by atoms with Crippen LogP contribution in [0.4, 0.5) is 11.4 Å². The largest absolute Gasteiger partial charge is 0.399 e. The quantitative estimate of drug-likeness (QED) is 0.290. The topological polar surface area (TPSA) is 144 Å².